The van der Waals surface area contributed by atoms with E-state index in [-0.39, 0.29) is 27.5 Å². The highest BCUT2D eigenvalue weighted by molar-refractivity contribution is 6.16. The molecule has 8 rings (SSSR count). The van der Waals surface area contributed by atoms with Crippen molar-refractivity contribution in [2.75, 3.05) is 0 Å². The van der Waals surface area contributed by atoms with Crippen molar-refractivity contribution in [2.24, 2.45) is 0 Å². The van der Waals surface area contributed by atoms with Crippen molar-refractivity contribution in [3.8, 4) is 22.5 Å². The molecule has 0 spiro atoms. The van der Waals surface area contributed by atoms with Crippen LogP contribution in [0.25, 0.3) is 66.1 Å². The second kappa shape index (κ2) is 8.22. The summed E-state index contributed by atoms with van der Waals surface area (Å²) in [6, 6.07) is 3.05. The third-order valence-electron chi connectivity index (χ3n) is 6.59. The van der Waals surface area contributed by atoms with E-state index in [2.05, 4.69) is 0 Å². The molecule has 38 heavy (non-hydrogen) atoms. The number of nitrogens with zero attached hydrogens (tertiary/aromatic N) is 2. The Morgan fingerprint density at radius 3 is 1.87 bits per heavy atom. The first-order chi connectivity index (χ1) is 25.5. The first-order valence-electron chi connectivity index (χ1n) is 19.7. The molecule has 0 aliphatic rings. The molecule has 2 heteroatoms. The first-order valence-corrected chi connectivity index (χ1v) is 11.7. The van der Waals surface area contributed by atoms with Crippen LogP contribution in [0.1, 0.15) is 21.9 Å². The summed E-state index contributed by atoms with van der Waals surface area (Å²) in [6.45, 7) is 0. The zero-order chi connectivity index (χ0) is 39.0. The van der Waals surface area contributed by atoms with Gasteiger partial charge in [0.25, 0.3) is 0 Å². The molecule has 0 N–H and O–H groups in total. The standard InChI is InChI=1S/C36H24N2/c1-2-12-25(13-3-1)26-14-10-15-27(24-26)37-33-21-9-6-18-30(33)36-34(37)22-11-23-35(36)38-31-19-7-4-16-28(31)29-17-5-8-20-32(29)38/h1-24H/i1D,2D,3D,6D,9D,10D,11D,12D,13D,14D,15D,18D,21D,22D,23D,24D. The Labute approximate surface area is 243 Å². The summed E-state index contributed by atoms with van der Waals surface area (Å²) in [5.74, 6) is 0. The van der Waals surface area contributed by atoms with Crippen LogP contribution in [0, 0.1) is 0 Å². The van der Waals surface area contributed by atoms with Gasteiger partial charge in [0.1, 0.15) is 0 Å². The van der Waals surface area contributed by atoms with Gasteiger partial charge in [-0.1, -0.05) is 103 Å². The number of hydrogen-bond donors (Lipinski definition) is 0. The Morgan fingerprint density at radius 1 is 0.447 bits per heavy atom. The fourth-order valence-electron chi connectivity index (χ4n) is 5.06. The van der Waals surface area contributed by atoms with Crippen LogP contribution in [0.15, 0.2) is 145 Å². The predicted molar refractivity (Wildman–Crippen MR) is 161 cm³/mol. The Morgan fingerprint density at radius 2 is 1.08 bits per heavy atom. The van der Waals surface area contributed by atoms with Crippen molar-refractivity contribution >= 4 is 43.6 Å². The topological polar surface area (TPSA) is 9.86 Å². The fraction of sp³-hybridized carbons (Fsp3) is 0. The molecule has 2 heterocycles. The lowest BCUT2D eigenvalue weighted by atomic mass is 10.1. The highest BCUT2D eigenvalue weighted by Gasteiger charge is 2.19. The number of benzene rings is 6. The minimum atomic E-state index is -0.837. The molecule has 2 aromatic heterocycles. The van der Waals surface area contributed by atoms with Gasteiger partial charge < -0.3 is 9.13 Å². The van der Waals surface area contributed by atoms with E-state index in [1.165, 1.54) is 0 Å². The van der Waals surface area contributed by atoms with Crippen molar-refractivity contribution in [1.29, 1.82) is 0 Å². The summed E-state index contributed by atoms with van der Waals surface area (Å²) in [5.41, 5.74) is -1.35. The van der Waals surface area contributed by atoms with E-state index in [4.69, 9.17) is 17.8 Å². The summed E-state index contributed by atoms with van der Waals surface area (Å²) in [5, 5.41) is 1.24. The molecule has 0 amide bonds. The maximum atomic E-state index is 9.45. The summed E-state index contributed by atoms with van der Waals surface area (Å²) in [7, 11) is 0. The van der Waals surface area contributed by atoms with Gasteiger partial charge in [-0.2, -0.15) is 0 Å². The van der Waals surface area contributed by atoms with E-state index < -0.39 is 113 Å². The lowest BCUT2D eigenvalue weighted by Crippen LogP contribution is -1.96. The van der Waals surface area contributed by atoms with Gasteiger partial charge in [-0.25, -0.2) is 0 Å². The Bertz CT molecular complexity index is 2930. The molecule has 0 saturated carbocycles. The summed E-state index contributed by atoms with van der Waals surface area (Å²) < 4.78 is 144. The van der Waals surface area contributed by atoms with E-state index in [1.807, 2.05) is 24.3 Å². The van der Waals surface area contributed by atoms with E-state index in [0.717, 1.165) is 15.3 Å². The number of hydrogen-bond acceptors (Lipinski definition) is 0. The molecule has 2 nitrogen and oxygen atoms in total. The summed E-state index contributed by atoms with van der Waals surface area (Å²) in [4.78, 5) is 0. The maximum Gasteiger partial charge on any atom is 0.0651 e. The number of aromatic nitrogens is 2. The zero-order valence-corrected chi connectivity index (χ0v) is 19.5. The van der Waals surface area contributed by atoms with Gasteiger partial charge in [0.05, 0.1) is 49.7 Å². The minimum Gasteiger partial charge on any atom is -0.309 e. The highest BCUT2D eigenvalue weighted by Crippen LogP contribution is 2.40. The monoisotopic (exact) mass is 500 g/mol. The van der Waals surface area contributed by atoms with Gasteiger partial charge >= 0.3 is 0 Å². The number of para-hydroxylation sites is 3. The van der Waals surface area contributed by atoms with Crippen LogP contribution >= 0.6 is 0 Å². The molecular formula is C36H24N2. The van der Waals surface area contributed by atoms with Gasteiger partial charge in [-0.05, 0) is 53.5 Å². The summed E-state index contributed by atoms with van der Waals surface area (Å²) >= 11 is 0. The molecule has 0 atom stereocenters. The van der Waals surface area contributed by atoms with E-state index in [1.54, 1.807) is 28.8 Å². The van der Waals surface area contributed by atoms with Crippen LogP contribution < -0.4 is 0 Å². The zero-order valence-electron chi connectivity index (χ0n) is 35.5. The molecular weight excluding hydrogens is 460 g/mol. The van der Waals surface area contributed by atoms with Crippen molar-refractivity contribution in [1.82, 2.24) is 9.13 Å². The average Bonchev–Trinajstić information content (AvgIpc) is 3.68. The molecule has 178 valence electrons. The molecule has 6 aromatic carbocycles. The quantitative estimate of drug-likeness (QED) is 0.229. The Balaban J connectivity index is 1.68. The fourth-order valence-corrected chi connectivity index (χ4v) is 5.06. The van der Waals surface area contributed by atoms with Crippen LogP contribution in [0.2, 0.25) is 0 Å². The number of rotatable bonds is 3. The van der Waals surface area contributed by atoms with Crippen molar-refractivity contribution in [3.05, 3.63) is 145 Å². The molecule has 0 bridgehead atoms. The lowest BCUT2D eigenvalue weighted by Gasteiger charge is -2.12. The van der Waals surface area contributed by atoms with Gasteiger partial charge in [0.15, 0.2) is 0 Å². The second-order valence-electron chi connectivity index (χ2n) is 8.60. The van der Waals surface area contributed by atoms with Crippen LogP contribution in [0.5, 0.6) is 0 Å². The second-order valence-corrected chi connectivity index (χ2v) is 8.60. The van der Waals surface area contributed by atoms with Crippen molar-refractivity contribution in [2.45, 2.75) is 0 Å². The van der Waals surface area contributed by atoms with Gasteiger partial charge in [-0.3, -0.25) is 0 Å². The van der Waals surface area contributed by atoms with E-state index in [0.29, 0.717) is 11.0 Å². The lowest BCUT2D eigenvalue weighted by molar-refractivity contribution is 1.17. The highest BCUT2D eigenvalue weighted by atomic mass is 15.0. The Kier molecular flexibility index (Phi) is 2.32. The van der Waals surface area contributed by atoms with Crippen LogP contribution in [0.3, 0.4) is 0 Å². The SMILES string of the molecule is [2H]c1c([2H])c([2H])c(-c2c([2H])c([2H])c([2H])c(-n3c4c([2H])c([2H])c([2H])c([2H])c4c4c(-n5c6ccccc6c6ccccc65)c([2H])c([2H])c([2H])c43)c2[2H])c([2H])c1[2H]. The van der Waals surface area contributed by atoms with Crippen molar-refractivity contribution < 1.29 is 21.9 Å². The molecule has 0 saturated heterocycles. The molecule has 8 aromatic rings. The predicted octanol–water partition coefficient (Wildman–Crippen LogP) is 9.55. The normalized spacial score (nSPS) is 17.6. The molecule has 0 fully saturated rings. The molecule has 0 aliphatic heterocycles. The molecule has 0 aliphatic carbocycles. The minimum absolute atomic E-state index is 0.0238. The third-order valence-corrected chi connectivity index (χ3v) is 6.59. The third kappa shape index (κ3) is 3.01. The van der Waals surface area contributed by atoms with E-state index in [9.17, 15) is 4.11 Å². The first kappa shape index (κ1) is 10.7. The molecule has 0 unspecified atom stereocenters. The van der Waals surface area contributed by atoms with E-state index >= 15 is 0 Å². The van der Waals surface area contributed by atoms with Gasteiger partial charge in [-0.15, -0.1) is 0 Å². The smallest absolute Gasteiger partial charge is 0.0651 e. The average molecular weight is 501 g/mol. The van der Waals surface area contributed by atoms with Crippen LogP contribution in [0.4, 0.5) is 0 Å². The largest absolute Gasteiger partial charge is 0.309 e. The van der Waals surface area contributed by atoms with Crippen LogP contribution in [-0.4, -0.2) is 9.13 Å². The summed E-state index contributed by atoms with van der Waals surface area (Å²) in [6.07, 6.45) is 0. The van der Waals surface area contributed by atoms with Crippen molar-refractivity contribution in [3.63, 3.8) is 0 Å². The number of fused-ring (bicyclic) bond motifs is 6. The van der Waals surface area contributed by atoms with Crippen LogP contribution in [-0.2, 0) is 0 Å². The molecule has 0 radical (unpaired) electrons. The maximum absolute atomic E-state index is 9.45. The van der Waals surface area contributed by atoms with Gasteiger partial charge in [0.2, 0.25) is 0 Å². The van der Waals surface area contributed by atoms with Gasteiger partial charge in [0, 0.05) is 27.2 Å². The Hall–Kier alpha value is -5.08.